The molecule has 0 radical (unpaired) electrons. The van der Waals surface area contributed by atoms with E-state index in [-0.39, 0.29) is 11.4 Å². The average molecular weight is 343 g/mol. The van der Waals surface area contributed by atoms with E-state index in [1.807, 2.05) is 22.6 Å². The molecular formula is C10H9ClFIO2. The van der Waals surface area contributed by atoms with Crippen molar-refractivity contribution in [1.82, 2.24) is 0 Å². The molecule has 0 unspecified atom stereocenters. The maximum absolute atomic E-state index is 13.4. The van der Waals surface area contributed by atoms with Gasteiger partial charge >= 0.3 is 0 Å². The number of benzene rings is 1. The van der Waals surface area contributed by atoms with E-state index in [1.165, 1.54) is 6.07 Å². The van der Waals surface area contributed by atoms with Gasteiger partial charge in [-0.15, -0.1) is 0 Å². The zero-order chi connectivity index (χ0) is 11.4. The normalized spacial score (nSPS) is 10.1. The lowest BCUT2D eigenvalue weighted by Crippen LogP contribution is -2.02. The molecule has 1 aromatic rings. The van der Waals surface area contributed by atoms with E-state index in [9.17, 15) is 9.18 Å². The van der Waals surface area contributed by atoms with Gasteiger partial charge in [-0.05, 0) is 35.6 Å². The van der Waals surface area contributed by atoms with E-state index in [0.717, 1.165) is 6.29 Å². The summed E-state index contributed by atoms with van der Waals surface area (Å²) in [5, 5.41) is 0.0136. The smallest absolute Gasteiger partial charge is 0.158 e. The van der Waals surface area contributed by atoms with Gasteiger partial charge in [0.25, 0.3) is 0 Å². The summed E-state index contributed by atoms with van der Waals surface area (Å²) in [6.07, 6.45) is 0.910. The van der Waals surface area contributed by atoms with Crippen LogP contribution in [0.4, 0.5) is 4.39 Å². The number of ether oxygens (including phenoxy) is 1. The number of carbonyl (C=O) groups is 1. The fourth-order valence-corrected chi connectivity index (χ4v) is 2.35. The van der Waals surface area contributed by atoms with Crippen molar-refractivity contribution in [2.45, 2.75) is 13.3 Å². The van der Waals surface area contributed by atoms with Gasteiger partial charge in [0, 0.05) is 12.0 Å². The van der Waals surface area contributed by atoms with Crippen LogP contribution in [0.25, 0.3) is 0 Å². The zero-order valence-electron chi connectivity index (χ0n) is 8.02. The van der Waals surface area contributed by atoms with Crippen LogP contribution < -0.4 is 4.74 Å². The predicted octanol–water partition coefficient (Wildman–Crippen LogP) is 3.22. The molecule has 0 atom stereocenters. The van der Waals surface area contributed by atoms with Crippen molar-refractivity contribution in [3.05, 3.63) is 26.0 Å². The highest BCUT2D eigenvalue weighted by Crippen LogP contribution is 2.33. The van der Waals surface area contributed by atoms with E-state index in [1.54, 1.807) is 6.92 Å². The molecule has 5 heteroatoms. The van der Waals surface area contributed by atoms with Crippen molar-refractivity contribution < 1.29 is 13.9 Å². The number of halogens is 3. The Kier molecular flexibility index (Phi) is 4.79. The molecular weight excluding hydrogens is 333 g/mol. The molecule has 0 saturated heterocycles. The Morgan fingerprint density at radius 3 is 2.87 bits per heavy atom. The van der Waals surface area contributed by atoms with Gasteiger partial charge in [-0.1, -0.05) is 11.6 Å². The van der Waals surface area contributed by atoms with Crippen molar-refractivity contribution in [2.75, 3.05) is 6.61 Å². The fourth-order valence-electron chi connectivity index (χ4n) is 1.17. The van der Waals surface area contributed by atoms with Gasteiger partial charge in [0.05, 0.1) is 15.2 Å². The number of hydrogen-bond donors (Lipinski definition) is 0. The minimum atomic E-state index is -0.504. The number of carbonyl (C=O) groups excluding carboxylic acids is 1. The second-order valence-electron chi connectivity index (χ2n) is 2.78. The summed E-state index contributed by atoms with van der Waals surface area (Å²) in [6, 6.07) is 1.43. The average Bonchev–Trinajstić information content (AvgIpc) is 2.21. The molecule has 0 saturated carbocycles. The van der Waals surface area contributed by atoms with Crippen LogP contribution in [-0.4, -0.2) is 12.9 Å². The molecule has 0 aliphatic heterocycles. The van der Waals surface area contributed by atoms with Crippen LogP contribution in [0, 0.1) is 9.39 Å². The monoisotopic (exact) mass is 342 g/mol. The van der Waals surface area contributed by atoms with E-state index < -0.39 is 5.82 Å². The van der Waals surface area contributed by atoms with Crippen molar-refractivity contribution in [1.29, 1.82) is 0 Å². The maximum Gasteiger partial charge on any atom is 0.158 e. The molecule has 0 spiro atoms. The Balaban J connectivity index is 3.29. The third kappa shape index (κ3) is 2.81. The van der Waals surface area contributed by atoms with Crippen LogP contribution in [0.3, 0.4) is 0 Å². The minimum absolute atomic E-state index is 0.0136. The van der Waals surface area contributed by atoms with Gasteiger partial charge in [-0.25, -0.2) is 4.39 Å². The standard InChI is InChI=1S/C10H9ClFIO2/c1-2-15-10-6(3-4-14)5-7(11)8(12)9(10)13/h4-5H,2-3H2,1H3. The lowest BCUT2D eigenvalue weighted by atomic mass is 10.1. The summed E-state index contributed by atoms with van der Waals surface area (Å²) in [5.41, 5.74) is 0.614. The minimum Gasteiger partial charge on any atom is -0.492 e. The molecule has 0 aromatic heterocycles. The van der Waals surface area contributed by atoms with Gasteiger partial charge in [-0.3, -0.25) is 0 Å². The van der Waals surface area contributed by atoms with Crippen LogP contribution in [0.1, 0.15) is 12.5 Å². The molecule has 0 aliphatic carbocycles. The Labute approximate surface area is 106 Å². The Morgan fingerprint density at radius 2 is 2.33 bits per heavy atom. The first kappa shape index (κ1) is 12.7. The highest BCUT2D eigenvalue weighted by molar-refractivity contribution is 14.1. The lowest BCUT2D eigenvalue weighted by Gasteiger charge is -2.12. The maximum atomic E-state index is 13.4. The second kappa shape index (κ2) is 5.65. The second-order valence-corrected chi connectivity index (χ2v) is 4.26. The van der Waals surface area contributed by atoms with Crippen molar-refractivity contribution in [3.8, 4) is 5.75 Å². The summed E-state index contributed by atoms with van der Waals surface area (Å²) < 4.78 is 19.0. The molecule has 0 fully saturated rings. The molecule has 0 heterocycles. The molecule has 0 amide bonds. The van der Waals surface area contributed by atoms with Crippen molar-refractivity contribution in [2.24, 2.45) is 0 Å². The van der Waals surface area contributed by atoms with E-state index in [2.05, 4.69) is 0 Å². The van der Waals surface area contributed by atoms with Gasteiger partial charge < -0.3 is 9.53 Å². The summed E-state index contributed by atoms with van der Waals surface area (Å²) in [5.74, 6) is -0.0949. The molecule has 82 valence electrons. The van der Waals surface area contributed by atoms with E-state index >= 15 is 0 Å². The Morgan fingerprint density at radius 1 is 1.67 bits per heavy atom. The highest BCUT2D eigenvalue weighted by Gasteiger charge is 2.16. The zero-order valence-corrected chi connectivity index (χ0v) is 10.9. The number of rotatable bonds is 4. The quantitative estimate of drug-likeness (QED) is 0.477. The molecule has 2 nitrogen and oxygen atoms in total. The fraction of sp³-hybridized carbons (Fsp3) is 0.300. The Hall–Kier alpha value is -0.360. The number of aldehydes is 1. The van der Waals surface area contributed by atoms with Gasteiger partial charge in [0.2, 0.25) is 0 Å². The third-order valence-electron chi connectivity index (χ3n) is 1.79. The highest BCUT2D eigenvalue weighted by atomic mass is 127. The molecule has 0 bridgehead atoms. The first-order valence-electron chi connectivity index (χ1n) is 4.34. The molecule has 1 aromatic carbocycles. The third-order valence-corrected chi connectivity index (χ3v) is 3.02. The first-order valence-corrected chi connectivity index (χ1v) is 5.80. The number of hydrogen-bond acceptors (Lipinski definition) is 2. The summed E-state index contributed by atoms with van der Waals surface area (Å²) in [6.45, 7) is 2.22. The van der Waals surface area contributed by atoms with Gasteiger partial charge in [0.15, 0.2) is 5.82 Å². The van der Waals surface area contributed by atoms with Crippen molar-refractivity contribution >= 4 is 40.5 Å². The summed E-state index contributed by atoms with van der Waals surface area (Å²) in [4.78, 5) is 10.4. The predicted molar refractivity (Wildman–Crippen MR) is 65.1 cm³/mol. The molecule has 0 aliphatic rings. The van der Waals surface area contributed by atoms with Gasteiger partial charge in [0.1, 0.15) is 12.0 Å². The topological polar surface area (TPSA) is 26.3 Å². The van der Waals surface area contributed by atoms with Crippen molar-refractivity contribution in [3.63, 3.8) is 0 Å². The SMILES string of the molecule is CCOc1c(CC=O)cc(Cl)c(F)c1I. The first-order chi connectivity index (χ1) is 7.11. The summed E-state index contributed by atoms with van der Waals surface area (Å²) >= 11 is 7.49. The Bertz CT molecular complexity index is 382. The van der Waals surface area contributed by atoms with Crippen LogP contribution in [0.2, 0.25) is 5.02 Å². The van der Waals surface area contributed by atoms with Crippen LogP contribution in [-0.2, 0) is 11.2 Å². The van der Waals surface area contributed by atoms with Crippen LogP contribution >= 0.6 is 34.2 Å². The lowest BCUT2D eigenvalue weighted by molar-refractivity contribution is -0.107. The molecule has 1 rings (SSSR count). The summed E-state index contributed by atoms with van der Waals surface area (Å²) in [7, 11) is 0. The largest absolute Gasteiger partial charge is 0.492 e. The van der Waals surface area contributed by atoms with E-state index in [0.29, 0.717) is 21.5 Å². The van der Waals surface area contributed by atoms with E-state index in [4.69, 9.17) is 16.3 Å². The van der Waals surface area contributed by atoms with Gasteiger partial charge in [-0.2, -0.15) is 0 Å². The molecule has 15 heavy (non-hydrogen) atoms. The van der Waals surface area contributed by atoms with Crippen LogP contribution in [0.5, 0.6) is 5.75 Å². The molecule has 0 N–H and O–H groups in total. The van der Waals surface area contributed by atoms with Crippen LogP contribution in [0.15, 0.2) is 6.07 Å².